The van der Waals surface area contributed by atoms with E-state index < -0.39 is 0 Å². The van der Waals surface area contributed by atoms with Gasteiger partial charge in [-0.3, -0.25) is 9.88 Å². The number of rotatable bonds is 8. The highest BCUT2D eigenvalue weighted by molar-refractivity contribution is 5.37. The Bertz CT molecular complexity index is 834. The Morgan fingerprint density at radius 1 is 0.968 bits per heavy atom. The summed E-state index contributed by atoms with van der Waals surface area (Å²) < 4.78 is 6.16. The van der Waals surface area contributed by atoms with Gasteiger partial charge in [-0.05, 0) is 112 Å². The number of benzene rings is 1. The first-order valence-electron chi connectivity index (χ1n) is 12.5. The molecule has 4 nitrogen and oxygen atoms in total. The molecule has 3 aliphatic rings. The predicted molar refractivity (Wildman–Crippen MR) is 126 cm³/mol. The third-order valence-electron chi connectivity index (χ3n) is 7.47. The topological polar surface area (TPSA) is 28.6 Å². The van der Waals surface area contributed by atoms with Crippen LogP contribution < -0.4 is 4.74 Å². The van der Waals surface area contributed by atoms with Gasteiger partial charge in [0.15, 0.2) is 0 Å². The van der Waals surface area contributed by atoms with Gasteiger partial charge in [0.25, 0.3) is 0 Å². The molecule has 2 fully saturated rings. The van der Waals surface area contributed by atoms with Crippen LogP contribution in [0.5, 0.6) is 5.75 Å². The van der Waals surface area contributed by atoms with Crippen molar-refractivity contribution in [3.8, 4) is 5.75 Å². The Kier molecular flexibility index (Phi) is 6.86. The molecule has 2 saturated heterocycles. The Balaban J connectivity index is 1.08. The maximum atomic E-state index is 6.16. The summed E-state index contributed by atoms with van der Waals surface area (Å²) in [6.45, 7) is 6.99. The fraction of sp³-hybridized carbons (Fsp3) is 0.593. The number of pyridine rings is 1. The predicted octanol–water partition coefficient (Wildman–Crippen LogP) is 4.89. The molecule has 2 aromatic rings. The Morgan fingerprint density at radius 3 is 2.77 bits per heavy atom. The molecule has 0 radical (unpaired) electrons. The van der Waals surface area contributed by atoms with Crippen LogP contribution in [0.4, 0.5) is 0 Å². The Morgan fingerprint density at radius 2 is 1.90 bits per heavy atom. The smallest absolute Gasteiger partial charge is 0.119 e. The van der Waals surface area contributed by atoms with Gasteiger partial charge in [0, 0.05) is 19.3 Å². The molecule has 3 heterocycles. The van der Waals surface area contributed by atoms with Crippen LogP contribution in [-0.4, -0.2) is 54.1 Å². The van der Waals surface area contributed by atoms with Gasteiger partial charge in [-0.2, -0.15) is 0 Å². The van der Waals surface area contributed by atoms with Gasteiger partial charge >= 0.3 is 0 Å². The van der Waals surface area contributed by atoms with Crippen molar-refractivity contribution in [1.29, 1.82) is 0 Å². The quantitative estimate of drug-likeness (QED) is 0.570. The fourth-order valence-corrected chi connectivity index (χ4v) is 5.84. The molecule has 0 saturated carbocycles. The molecular weight excluding hydrogens is 382 g/mol. The van der Waals surface area contributed by atoms with Crippen molar-refractivity contribution in [3.05, 3.63) is 59.4 Å². The average molecular weight is 420 g/mol. The SMILES string of the molecule is c1ccc(C2CCCN2CCCOc2ccc3c(c2)CCC(CN2CCCC2)C3)nc1. The zero-order valence-corrected chi connectivity index (χ0v) is 18.8. The van der Waals surface area contributed by atoms with Gasteiger partial charge in [0.1, 0.15) is 5.75 Å². The molecule has 2 unspecified atom stereocenters. The summed E-state index contributed by atoms with van der Waals surface area (Å²) in [5, 5.41) is 0. The number of aryl methyl sites for hydroxylation is 1. The van der Waals surface area contributed by atoms with Gasteiger partial charge in [-0.1, -0.05) is 12.1 Å². The maximum absolute atomic E-state index is 6.16. The van der Waals surface area contributed by atoms with Crippen molar-refractivity contribution >= 4 is 0 Å². The molecule has 0 N–H and O–H groups in total. The fourth-order valence-electron chi connectivity index (χ4n) is 5.84. The second-order valence-electron chi connectivity index (χ2n) is 9.70. The summed E-state index contributed by atoms with van der Waals surface area (Å²) in [4.78, 5) is 9.84. The van der Waals surface area contributed by atoms with Crippen molar-refractivity contribution in [2.24, 2.45) is 5.92 Å². The third-order valence-corrected chi connectivity index (χ3v) is 7.47. The highest BCUT2D eigenvalue weighted by atomic mass is 16.5. The molecule has 0 amide bonds. The first kappa shape index (κ1) is 21.0. The summed E-state index contributed by atoms with van der Waals surface area (Å²) in [6.07, 6.45) is 12.1. The molecule has 0 spiro atoms. The lowest BCUT2D eigenvalue weighted by molar-refractivity contribution is 0.220. The third kappa shape index (κ3) is 5.30. The standard InChI is InChI=1S/C27H37N3O/c1-2-13-28-26(7-1)27-8-5-16-30(27)17-6-18-31-25-12-11-23-19-22(9-10-24(23)20-25)21-29-14-3-4-15-29/h1-2,7,11-13,20,22,27H,3-6,8-10,14-19,21H2. The zero-order chi connectivity index (χ0) is 20.9. The summed E-state index contributed by atoms with van der Waals surface area (Å²) in [7, 11) is 0. The van der Waals surface area contributed by atoms with Crippen LogP contribution in [0.15, 0.2) is 42.6 Å². The first-order valence-corrected chi connectivity index (χ1v) is 12.5. The van der Waals surface area contributed by atoms with E-state index in [-0.39, 0.29) is 0 Å². The van der Waals surface area contributed by atoms with Crippen LogP contribution in [0.1, 0.15) is 61.4 Å². The van der Waals surface area contributed by atoms with Gasteiger partial charge < -0.3 is 9.64 Å². The van der Waals surface area contributed by atoms with Crippen molar-refractivity contribution in [2.45, 2.75) is 57.4 Å². The average Bonchev–Trinajstić information content (AvgIpc) is 3.49. The van der Waals surface area contributed by atoms with E-state index in [1.807, 2.05) is 12.3 Å². The van der Waals surface area contributed by atoms with Gasteiger partial charge in [0.2, 0.25) is 0 Å². The van der Waals surface area contributed by atoms with Crippen LogP contribution in [0.2, 0.25) is 0 Å². The minimum atomic E-state index is 0.485. The molecule has 0 bridgehead atoms. The second kappa shape index (κ2) is 10.1. The van der Waals surface area contributed by atoms with Gasteiger partial charge in [0.05, 0.1) is 18.3 Å². The monoisotopic (exact) mass is 419 g/mol. The number of aromatic nitrogens is 1. The molecule has 1 aromatic heterocycles. The largest absolute Gasteiger partial charge is 0.494 e. The van der Waals surface area contributed by atoms with Crippen molar-refractivity contribution < 1.29 is 4.74 Å². The molecule has 2 aliphatic heterocycles. The molecule has 166 valence electrons. The number of hydrogen-bond donors (Lipinski definition) is 0. The van der Waals surface area contributed by atoms with Crippen molar-refractivity contribution in [2.75, 3.05) is 39.3 Å². The molecule has 4 heteroatoms. The normalized spacial score (nSPS) is 24.4. The molecule has 2 atom stereocenters. The van der Waals surface area contributed by atoms with E-state index in [0.717, 1.165) is 31.2 Å². The molecule has 5 rings (SSSR count). The van der Waals surface area contributed by atoms with Crippen LogP contribution in [-0.2, 0) is 12.8 Å². The lowest BCUT2D eigenvalue weighted by Crippen LogP contribution is -2.30. The van der Waals surface area contributed by atoms with Crippen LogP contribution in [0, 0.1) is 5.92 Å². The first-order chi connectivity index (χ1) is 15.3. The van der Waals surface area contributed by atoms with Crippen molar-refractivity contribution in [3.63, 3.8) is 0 Å². The number of ether oxygens (including phenoxy) is 1. The van der Waals surface area contributed by atoms with Crippen molar-refractivity contribution in [1.82, 2.24) is 14.8 Å². The molecular formula is C27H37N3O. The number of hydrogen-bond acceptors (Lipinski definition) is 4. The maximum Gasteiger partial charge on any atom is 0.119 e. The lowest BCUT2D eigenvalue weighted by Gasteiger charge is -2.28. The zero-order valence-electron chi connectivity index (χ0n) is 18.8. The Hall–Kier alpha value is -1.91. The van der Waals surface area contributed by atoms with Gasteiger partial charge in [-0.25, -0.2) is 0 Å². The molecule has 1 aromatic carbocycles. The highest BCUT2D eigenvalue weighted by Crippen LogP contribution is 2.31. The van der Waals surface area contributed by atoms with E-state index in [4.69, 9.17) is 4.74 Å². The summed E-state index contributed by atoms with van der Waals surface area (Å²) >= 11 is 0. The number of nitrogens with zero attached hydrogens (tertiary/aromatic N) is 3. The minimum absolute atomic E-state index is 0.485. The highest BCUT2D eigenvalue weighted by Gasteiger charge is 2.26. The van der Waals surface area contributed by atoms with E-state index in [2.05, 4.69) is 45.1 Å². The van der Waals surface area contributed by atoms with E-state index in [0.29, 0.717) is 6.04 Å². The van der Waals surface area contributed by atoms with E-state index in [9.17, 15) is 0 Å². The van der Waals surface area contributed by atoms with Crippen LogP contribution in [0.3, 0.4) is 0 Å². The second-order valence-corrected chi connectivity index (χ2v) is 9.70. The summed E-state index contributed by atoms with van der Waals surface area (Å²) in [6, 6.07) is 13.6. The van der Waals surface area contributed by atoms with Crippen LogP contribution in [0.25, 0.3) is 0 Å². The molecule has 1 aliphatic carbocycles. The number of likely N-dealkylation sites (tertiary alicyclic amines) is 2. The Labute approximate surface area is 187 Å². The van der Waals surface area contributed by atoms with E-state index in [1.165, 1.54) is 82.4 Å². The van der Waals surface area contributed by atoms with Crippen LogP contribution >= 0.6 is 0 Å². The number of fused-ring (bicyclic) bond motifs is 1. The van der Waals surface area contributed by atoms with Gasteiger partial charge in [-0.15, -0.1) is 0 Å². The summed E-state index contributed by atoms with van der Waals surface area (Å²) in [5.41, 5.74) is 4.29. The molecule has 31 heavy (non-hydrogen) atoms. The minimum Gasteiger partial charge on any atom is -0.494 e. The lowest BCUT2D eigenvalue weighted by atomic mass is 9.83. The van der Waals surface area contributed by atoms with E-state index >= 15 is 0 Å². The summed E-state index contributed by atoms with van der Waals surface area (Å²) in [5.74, 6) is 1.89. The van der Waals surface area contributed by atoms with E-state index in [1.54, 1.807) is 5.56 Å².